The van der Waals surface area contributed by atoms with Crippen LogP contribution in [-0.4, -0.2) is 37.9 Å². The Morgan fingerprint density at radius 1 is 0.442 bits per heavy atom. The summed E-state index contributed by atoms with van der Waals surface area (Å²) >= 11 is 0. The predicted octanol–water partition coefficient (Wildman–Crippen LogP) is 14.2. The molecule has 0 N–H and O–H groups in total. The zero-order chi connectivity index (χ0) is 37.8. The highest BCUT2D eigenvalue weighted by molar-refractivity contribution is 5.70. The lowest BCUT2D eigenvalue weighted by Crippen LogP contribution is -2.30. The van der Waals surface area contributed by atoms with E-state index in [1.807, 2.05) is 0 Å². The second-order valence-corrected chi connectivity index (χ2v) is 14.2. The van der Waals surface area contributed by atoms with E-state index >= 15 is 0 Å². The van der Waals surface area contributed by atoms with Gasteiger partial charge in [0.25, 0.3) is 0 Å². The fourth-order valence-electron chi connectivity index (χ4n) is 5.80. The molecule has 0 aliphatic carbocycles. The van der Waals surface area contributed by atoms with E-state index in [0.29, 0.717) is 19.4 Å². The summed E-state index contributed by atoms with van der Waals surface area (Å²) in [6.45, 7) is 7.59. The van der Waals surface area contributed by atoms with Crippen LogP contribution in [0.15, 0.2) is 60.8 Å². The van der Waals surface area contributed by atoms with Gasteiger partial charge in [0, 0.05) is 19.4 Å². The molecule has 0 amide bonds. The van der Waals surface area contributed by atoms with Gasteiger partial charge >= 0.3 is 11.9 Å². The van der Waals surface area contributed by atoms with Crippen LogP contribution in [-0.2, 0) is 23.8 Å². The molecule has 0 aromatic rings. The summed E-state index contributed by atoms with van der Waals surface area (Å²) in [5.41, 5.74) is 0. The molecule has 1 atom stereocenters. The van der Waals surface area contributed by atoms with Gasteiger partial charge in [0.1, 0.15) is 6.61 Å². The molecule has 0 rings (SSSR count). The molecule has 0 aliphatic heterocycles. The van der Waals surface area contributed by atoms with Crippen molar-refractivity contribution in [1.82, 2.24) is 0 Å². The second-order valence-electron chi connectivity index (χ2n) is 14.2. The first-order valence-corrected chi connectivity index (χ1v) is 21.8. The molecule has 0 saturated carbocycles. The summed E-state index contributed by atoms with van der Waals surface area (Å²) in [5, 5.41) is 0. The Kier molecular flexibility index (Phi) is 41.0. The van der Waals surface area contributed by atoms with Crippen LogP contribution in [0.25, 0.3) is 0 Å². The number of ether oxygens (including phenoxy) is 3. The maximum absolute atomic E-state index is 12.7. The predicted molar refractivity (Wildman–Crippen MR) is 224 cm³/mol. The molecule has 0 heterocycles. The van der Waals surface area contributed by atoms with Gasteiger partial charge in [-0.1, -0.05) is 171 Å². The first-order chi connectivity index (χ1) is 25.6. The Hall–Kier alpha value is -2.40. The molecular formula is C47H82O5. The molecule has 0 bridgehead atoms. The van der Waals surface area contributed by atoms with Crippen LogP contribution in [0.2, 0.25) is 0 Å². The number of carbonyl (C=O) groups is 2. The Morgan fingerprint density at radius 2 is 0.904 bits per heavy atom. The average molecular weight is 727 g/mol. The van der Waals surface area contributed by atoms with Gasteiger partial charge in [-0.15, -0.1) is 0 Å². The summed E-state index contributed by atoms with van der Waals surface area (Å²) in [7, 11) is 0. The fourth-order valence-corrected chi connectivity index (χ4v) is 5.80. The van der Waals surface area contributed by atoms with Crippen molar-refractivity contribution in [2.45, 2.75) is 207 Å². The van der Waals surface area contributed by atoms with Gasteiger partial charge in [0.2, 0.25) is 0 Å². The van der Waals surface area contributed by atoms with Crippen molar-refractivity contribution >= 4 is 11.9 Å². The van der Waals surface area contributed by atoms with Crippen LogP contribution in [0.3, 0.4) is 0 Å². The number of allylic oxidation sites excluding steroid dienone is 10. The van der Waals surface area contributed by atoms with E-state index in [4.69, 9.17) is 14.2 Å². The first kappa shape index (κ1) is 49.6. The molecule has 0 saturated heterocycles. The lowest BCUT2D eigenvalue weighted by atomic mass is 10.1. The zero-order valence-electron chi connectivity index (χ0n) is 34.3. The normalized spacial score (nSPS) is 12.8. The van der Waals surface area contributed by atoms with E-state index in [-0.39, 0.29) is 25.2 Å². The van der Waals surface area contributed by atoms with Crippen molar-refractivity contribution in [3.8, 4) is 0 Å². The van der Waals surface area contributed by atoms with Crippen molar-refractivity contribution in [1.29, 1.82) is 0 Å². The maximum atomic E-state index is 12.7. The molecule has 1 unspecified atom stereocenters. The largest absolute Gasteiger partial charge is 0.462 e. The summed E-state index contributed by atoms with van der Waals surface area (Å²) in [6.07, 6.45) is 52.1. The molecule has 0 spiro atoms. The van der Waals surface area contributed by atoms with Crippen molar-refractivity contribution < 1.29 is 23.8 Å². The minimum Gasteiger partial charge on any atom is -0.462 e. The number of carbonyl (C=O) groups excluding carboxylic acids is 2. The van der Waals surface area contributed by atoms with E-state index in [2.05, 4.69) is 81.5 Å². The van der Waals surface area contributed by atoms with E-state index < -0.39 is 6.10 Å². The SMILES string of the molecule is CC/C=C\C/C=C\C/C=C\CCCCCC(=O)OCC(COCCCCCCCCCCCC)OC(=O)CCCCCCC/C=C\C/C=C\CCC. The molecule has 0 aromatic carbocycles. The monoisotopic (exact) mass is 727 g/mol. The molecule has 0 aliphatic rings. The van der Waals surface area contributed by atoms with Gasteiger partial charge in [-0.05, 0) is 77.0 Å². The highest BCUT2D eigenvalue weighted by atomic mass is 16.6. The standard InChI is InChI=1S/C47H82O5/c1-4-7-10-13-16-19-22-24-26-28-31-34-37-40-46(48)51-44-45(43-50-42-39-36-33-30-21-18-15-12-9-6-3)52-47(49)41-38-35-32-29-27-25-23-20-17-14-11-8-5-2/h7,10-11,14,16,19-20,23-24,26,45H,4-6,8-9,12-13,15,17-18,21-22,25,27-44H2,1-3H3/b10-7-,14-11-,19-16-,23-20-,26-24-. The zero-order valence-corrected chi connectivity index (χ0v) is 34.3. The smallest absolute Gasteiger partial charge is 0.306 e. The second kappa shape index (κ2) is 43.0. The minimum absolute atomic E-state index is 0.0645. The van der Waals surface area contributed by atoms with Crippen molar-refractivity contribution in [3.05, 3.63) is 60.8 Å². The van der Waals surface area contributed by atoms with Gasteiger partial charge in [-0.2, -0.15) is 0 Å². The Bertz CT molecular complexity index is 915. The van der Waals surface area contributed by atoms with Crippen LogP contribution in [0.5, 0.6) is 0 Å². The highest BCUT2D eigenvalue weighted by Crippen LogP contribution is 2.13. The van der Waals surface area contributed by atoms with Crippen molar-refractivity contribution in [3.63, 3.8) is 0 Å². The van der Waals surface area contributed by atoms with Gasteiger partial charge in [-0.3, -0.25) is 9.59 Å². The van der Waals surface area contributed by atoms with E-state index in [0.717, 1.165) is 89.9 Å². The van der Waals surface area contributed by atoms with Crippen LogP contribution < -0.4 is 0 Å². The molecule has 0 aromatic heterocycles. The van der Waals surface area contributed by atoms with Crippen molar-refractivity contribution in [2.24, 2.45) is 0 Å². The van der Waals surface area contributed by atoms with Crippen LogP contribution >= 0.6 is 0 Å². The molecule has 52 heavy (non-hydrogen) atoms. The number of rotatable bonds is 39. The van der Waals surface area contributed by atoms with E-state index in [1.165, 1.54) is 77.0 Å². The summed E-state index contributed by atoms with van der Waals surface area (Å²) < 4.78 is 17.2. The van der Waals surface area contributed by atoms with Crippen molar-refractivity contribution in [2.75, 3.05) is 19.8 Å². The molecule has 300 valence electrons. The lowest BCUT2D eigenvalue weighted by molar-refractivity contribution is -0.163. The first-order valence-electron chi connectivity index (χ1n) is 21.8. The lowest BCUT2D eigenvalue weighted by Gasteiger charge is -2.18. The highest BCUT2D eigenvalue weighted by Gasteiger charge is 2.17. The Balaban J connectivity index is 4.32. The van der Waals surface area contributed by atoms with Gasteiger partial charge in [0.05, 0.1) is 6.61 Å². The number of esters is 2. The van der Waals surface area contributed by atoms with Gasteiger partial charge in [-0.25, -0.2) is 0 Å². The van der Waals surface area contributed by atoms with Crippen LogP contribution in [0, 0.1) is 0 Å². The average Bonchev–Trinajstić information content (AvgIpc) is 3.14. The Morgan fingerprint density at radius 3 is 1.48 bits per heavy atom. The number of hydrogen-bond acceptors (Lipinski definition) is 5. The van der Waals surface area contributed by atoms with E-state index in [9.17, 15) is 9.59 Å². The third-order valence-electron chi connectivity index (χ3n) is 9.02. The third kappa shape index (κ3) is 40.4. The molecule has 0 fully saturated rings. The maximum Gasteiger partial charge on any atom is 0.306 e. The third-order valence-corrected chi connectivity index (χ3v) is 9.02. The van der Waals surface area contributed by atoms with Crippen LogP contribution in [0.1, 0.15) is 201 Å². The molecule has 5 heteroatoms. The van der Waals surface area contributed by atoms with Crippen LogP contribution in [0.4, 0.5) is 0 Å². The summed E-state index contributed by atoms with van der Waals surface area (Å²) in [5.74, 6) is -0.448. The molecule has 0 radical (unpaired) electrons. The topological polar surface area (TPSA) is 61.8 Å². The van der Waals surface area contributed by atoms with E-state index in [1.54, 1.807) is 0 Å². The van der Waals surface area contributed by atoms with Gasteiger partial charge in [0.15, 0.2) is 6.10 Å². The summed E-state index contributed by atoms with van der Waals surface area (Å²) in [4.78, 5) is 25.2. The number of unbranched alkanes of at least 4 members (excludes halogenated alkanes) is 18. The molecular weight excluding hydrogens is 645 g/mol. The quantitative estimate of drug-likeness (QED) is 0.0358. The number of hydrogen-bond donors (Lipinski definition) is 0. The molecule has 5 nitrogen and oxygen atoms in total. The fraction of sp³-hybridized carbons (Fsp3) is 0.745. The summed E-state index contributed by atoms with van der Waals surface area (Å²) in [6, 6.07) is 0. The Labute approximate surface area is 322 Å². The van der Waals surface area contributed by atoms with Gasteiger partial charge < -0.3 is 14.2 Å². The minimum atomic E-state index is -0.551.